The third kappa shape index (κ3) is 5.35. The molecule has 1 aromatic carbocycles. The van der Waals surface area contributed by atoms with Gasteiger partial charge in [-0.1, -0.05) is 6.07 Å². The van der Waals surface area contributed by atoms with E-state index >= 15 is 0 Å². The first-order valence-electron chi connectivity index (χ1n) is 8.70. The molecule has 1 aliphatic rings. The van der Waals surface area contributed by atoms with Gasteiger partial charge in [0, 0.05) is 26.6 Å². The fourth-order valence-corrected chi connectivity index (χ4v) is 3.24. The highest BCUT2D eigenvalue weighted by atomic mass is 32.2. The lowest BCUT2D eigenvalue weighted by molar-refractivity contribution is -0.131. The highest BCUT2D eigenvalue weighted by Crippen LogP contribution is 2.30. The zero-order valence-corrected chi connectivity index (χ0v) is 16.5. The molecular weight excluding hydrogens is 358 g/mol. The van der Waals surface area contributed by atoms with Crippen molar-refractivity contribution >= 4 is 16.0 Å². The quantitative estimate of drug-likeness (QED) is 0.639. The van der Waals surface area contributed by atoms with Crippen molar-refractivity contribution in [3.05, 3.63) is 23.8 Å². The van der Waals surface area contributed by atoms with Gasteiger partial charge in [-0.15, -0.1) is 0 Å². The average molecular weight is 385 g/mol. The van der Waals surface area contributed by atoms with Crippen molar-refractivity contribution in [2.75, 3.05) is 20.3 Å². The molecule has 1 atom stereocenters. The predicted molar refractivity (Wildman–Crippen MR) is 97.7 cm³/mol. The van der Waals surface area contributed by atoms with Crippen LogP contribution in [0.25, 0.3) is 0 Å². The molecule has 1 saturated heterocycles. The van der Waals surface area contributed by atoms with Gasteiger partial charge < -0.3 is 18.6 Å². The summed E-state index contributed by atoms with van der Waals surface area (Å²) in [5.74, 6) is 0.388. The Morgan fingerprint density at radius 2 is 2.08 bits per heavy atom. The van der Waals surface area contributed by atoms with E-state index in [1.165, 1.54) is 14.0 Å². The van der Waals surface area contributed by atoms with Crippen LogP contribution in [0, 0.1) is 0 Å². The summed E-state index contributed by atoms with van der Waals surface area (Å²) in [6.07, 6.45) is 1.99. The Balaban J connectivity index is 2.20. The minimum Gasteiger partial charge on any atom is -0.493 e. The van der Waals surface area contributed by atoms with Crippen LogP contribution in [0.2, 0.25) is 0 Å². The molecule has 0 aliphatic carbocycles. The van der Waals surface area contributed by atoms with Crippen LogP contribution in [0.1, 0.15) is 39.2 Å². The molecular formula is C18H27NO6S. The fourth-order valence-electron chi connectivity index (χ4n) is 2.66. The van der Waals surface area contributed by atoms with E-state index in [9.17, 15) is 13.2 Å². The molecule has 0 unspecified atom stereocenters. The van der Waals surface area contributed by atoms with E-state index in [-0.39, 0.29) is 17.8 Å². The predicted octanol–water partition coefficient (Wildman–Crippen LogP) is 2.34. The molecule has 1 amide bonds. The number of carbonyl (C=O) groups excluding carboxylic acids is 1. The molecule has 1 heterocycles. The van der Waals surface area contributed by atoms with Crippen molar-refractivity contribution in [1.82, 2.24) is 4.90 Å². The maximum atomic E-state index is 12.1. The lowest BCUT2D eigenvalue weighted by atomic mass is 10.1. The molecule has 1 aliphatic heterocycles. The Bertz CT molecular complexity index is 725. The van der Waals surface area contributed by atoms with Crippen molar-refractivity contribution in [3.63, 3.8) is 0 Å². The summed E-state index contributed by atoms with van der Waals surface area (Å²) < 4.78 is 40.2. The van der Waals surface area contributed by atoms with Gasteiger partial charge >= 0.3 is 10.1 Å². The molecule has 0 radical (unpaired) electrons. The van der Waals surface area contributed by atoms with Crippen LogP contribution >= 0.6 is 0 Å². The molecule has 1 aromatic rings. The van der Waals surface area contributed by atoms with Gasteiger partial charge in [0.1, 0.15) is 0 Å². The molecule has 0 aromatic heterocycles. The summed E-state index contributed by atoms with van der Waals surface area (Å²) >= 11 is 0. The molecule has 1 fully saturated rings. The number of nitrogens with zero attached hydrogens (tertiary/aromatic N) is 1. The van der Waals surface area contributed by atoms with Crippen LogP contribution in [0.3, 0.4) is 0 Å². The zero-order valence-electron chi connectivity index (χ0n) is 15.7. The van der Waals surface area contributed by atoms with Gasteiger partial charge in [0.2, 0.25) is 5.91 Å². The number of benzene rings is 1. The van der Waals surface area contributed by atoms with E-state index in [1.54, 1.807) is 36.9 Å². The number of rotatable bonds is 8. The maximum absolute atomic E-state index is 12.1. The smallest absolute Gasteiger partial charge is 0.311 e. The normalized spacial score (nSPS) is 17.3. The van der Waals surface area contributed by atoms with Crippen LogP contribution in [-0.2, 0) is 26.2 Å². The third-order valence-electron chi connectivity index (χ3n) is 4.28. The minimum absolute atomic E-state index is 0.0502. The molecule has 8 heteroatoms. The lowest BCUT2D eigenvalue weighted by Crippen LogP contribution is -2.35. The lowest BCUT2D eigenvalue weighted by Gasteiger charge is -2.24. The summed E-state index contributed by atoms with van der Waals surface area (Å²) in [7, 11) is -2.30. The Kier molecular flexibility index (Phi) is 6.88. The molecule has 0 spiro atoms. The topological polar surface area (TPSA) is 82.1 Å². The van der Waals surface area contributed by atoms with Gasteiger partial charge in [-0.25, -0.2) is 0 Å². The Hall–Kier alpha value is -1.80. The second-order valence-corrected chi connectivity index (χ2v) is 8.74. The van der Waals surface area contributed by atoms with E-state index in [4.69, 9.17) is 13.7 Å². The van der Waals surface area contributed by atoms with E-state index in [0.29, 0.717) is 18.8 Å². The largest absolute Gasteiger partial charge is 0.493 e. The molecule has 2 rings (SSSR count). The average Bonchev–Trinajstić information content (AvgIpc) is 3.07. The number of methoxy groups -OCH3 is 1. The summed E-state index contributed by atoms with van der Waals surface area (Å²) in [6, 6.07) is 5.04. The first kappa shape index (κ1) is 20.5. The van der Waals surface area contributed by atoms with Crippen molar-refractivity contribution < 1.29 is 26.9 Å². The third-order valence-corrected chi connectivity index (χ3v) is 5.84. The second-order valence-electron chi connectivity index (χ2n) is 6.64. The molecule has 0 saturated carbocycles. The van der Waals surface area contributed by atoms with Gasteiger partial charge in [0.15, 0.2) is 11.5 Å². The van der Waals surface area contributed by atoms with E-state index in [0.717, 1.165) is 25.0 Å². The Morgan fingerprint density at radius 3 is 2.62 bits per heavy atom. The van der Waals surface area contributed by atoms with Gasteiger partial charge in [-0.2, -0.15) is 8.42 Å². The van der Waals surface area contributed by atoms with Crippen molar-refractivity contribution in [1.29, 1.82) is 0 Å². The Morgan fingerprint density at radius 1 is 1.35 bits per heavy atom. The van der Waals surface area contributed by atoms with Gasteiger partial charge in [-0.3, -0.25) is 4.79 Å². The van der Waals surface area contributed by atoms with Crippen LogP contribution < -0.4 is 8.92 Å². The van der Waals surface area contributed by atoms with Gasteiger partial charge in [0.25, 0.3) is 0 Å². The summed E-state index contributed by atoms with van der Waals surface area (Å²) in [6.45, 7) is 6.19. The fraction of sp³-hybridized carbons (Fsp3) is 0.611. The molecule has 7 nitrogen and oxygen atoms in total. The molecule has 26 heavy (non-hydrogen) atoms. The number of ether oxygens (including phenoxy) is 2. The van der Waals surface area contributed by atoms with Gasteiger partial charge in [0.05, 0.1) is 18.5 Å². The highest BCUT2D eigenvalue weighted by Gasteiger charge is 2.23. The maximum Gasteiger partial charge on any atom is 0.311 e. The van der Waals surface area contributed by atoms with Crippen molar-refractivity contribution in [2.45, 2.75) is 51.5 Å². The standard InChI is InChI=1S/C18H27NO6S/c1-13(2)26(21,22)25-18-10-15(7-8-17(18)23-4)11-19(14(3)20)12-16-6-5-9-24-16/h7-8,10,13,16H,5-6,9,11-12H2,1-4H3/t16-/m1/s1. The number of hydrogen-bond donors (Lipinski definition) is 0. The zero-order chi connectivity index (χ0) is 19.3. The summed E-state index contributed by atoms with van der Waals surface area (Å²) in [5, 5.41) is -0.677. The first-order chi connectivity index (χ1) is 12.2. The highest BCUT2D eigenvalue weighted by molar-refractivity contribution is 7.87. The molecule has 146 valence electrons. The van der Waals surface area contributed by atoms with Crippen LogP contribution in [0.5, 0.6) is 11.5 Å². The van der Waals surface area contributed by atoms with Gasteiger partial charge in [-0.05, 0) is 44.4 Å². The van der Waals surface area contributed by atoms with E-state index in [1.807, 2.05) is 0 Å². The SMILES string of the molecule is COc1ccc(CN(C[C@H]2CCCO2)C(C)=O)cc1OS(=O)(=O)C(C)C. The number of amides is 1. The van der Waals surface area contributed by atoms with Crippen LogP contribution in [-0.4, -0.2) is 50.8 Å². The second kappa shape index (κ2) is 8.73. The molecule has 0 N–H and O–H groups in total. The first-order valence-corrected chi connectivity index (χ1v) is 10.2. The minimum atomic E-state index is -3.74. The van der Waals surface area contributed by atoms with Crippen molar-refractivity contribution in [3.8, 4) is 11.5 Å². The Labute approximate surface area is 155 Å². The number of hydrogen-bond acceptors (Lipinski definition) is 6. The monoisotopic (exact) mass is 385 g/mol. The summed E-state index contributed by atoms with van der Waals surface area (Å²) in [4.78, 5) is 13.7. The van der Waals surface area contributed by atoms with Crippen molar-refractivity contribution in [2.24, 2.45) is 0 Å². The summed E-state index contributed by atoms with van der Waals surface area (Å²) in [5.41, 5.74) is 0.757. The van der Waals surface area contributed by atoms with E-state index in [2.05, 4.69) is 0 Å². The van der Waals surface area contributed by atoms with E-state index < -0.39 is 15.4 Å². The van der Waals surface area contributed by atoms with Crippen LogP contribution in [0.15, 0.2) is 18.2 Å². The van der Waals surface area contributed by atoms with Crippen LogP contribution in [0.4, 0.5) is 0 Å². The molecule has 0 bridgehead atoms. The number of carbonyl (C=O) groups is 1.